The fourth-order valence-corrected chi connectivity index (χ4v) is 3.77. The molecule has 0 radical (unpaired) electrons. The van der Waals surface area contributed by atoms with Crippen LogP contribution < -0.4 is 0 Å². The molecular weight excluding hydrogens is 382 g/mol. The number of aryl methyl sites for hydroxylation is 1. The molecule has 2 aliphatic rings. The first-order valence-corrected chi connectivity index (χ1v) is 9.96. The Balaban J connectivity index is 1.46. The number of epoxide rings is 1. The molecule has 0 aromatic carbocycles. The van der Waals surface area contributed by atoms with Gasteiger partial charge < -0.3 is 29.3 Å². The van der Waals surface area contributed by atoms with Crippen molar-refractivity contribution in [2.45, 2.75) is 76.7 Å². The monoisotopic (exact) mass is 411 g/mol. The fourth-order valence-electron chi connectivity index (χ4n) is 3.77. The Kier molecular flexibility index (Phi) is 6.85. The largest absolute Gasteiger partial charge is 0.393 e. The molecule has 9 nitrogen and oxygen atoms in total. The van der Waals surface area contributed by atoms with Gasteiger partial charge in [-0.25, -0.2) is 0 Å². The van der Waals surface area contributed by atoms with Gasteiger partial charge in [-0.3, -0.25) is 9.59 Å². The van der Waals surface area contributed by atoms with Crippen LogP contribution >= 0.6 is 0 Å². The lowest BCUT2D eigenvalue weighted by Gasteiger charge is -2.37. The number of carbonyl (C=O) groups excluding carboxylic acids is 2. The predicted molar refractivity (Wildman–Crippen MR) is 99.2 cm³/mol. The first-order valence-electron chi connectivity index (χ1n) is 9.96. The third kappa shape index (κ3) is 5.29. The van der Waals surface area contributed by atoms with Crippen LogP contribution in [0.1, 0.15) is 49.4 Å². The van der Waals surface area contributed by atoms with E-state index in [4.69, 9.17) is 14.0 Å². The average Bonchev–Trinajstić information content (AvgIpc) is 3.29. The molecule has 8 atom stereocenters. The van der Waals surface area contributed by atoms with Gasteiger partial charge in [0.2, 0.25) is 11.5 Å². The number of ketones is 2. The van der Waals surface area contributed by atoms with Crippen LogP contribution in [-0.2, 0) is 14.3 Å². The number of hydrogen-bond acceptors (Lipinski definition) is 9. The summed E-state index contributed by atoms with van der Waals surface area (Å²) in [5.74, 6) is -1.42. The normalized spacial score (nSPS) is 33.9. The molecule has 0 amide bonds. The summed E-state index contributed by atoms with van der Waals surface area (Å²) in [6.07, 6.45) is -3.63. The molecule has 0 bridgehead atoms. The van der Waals surface area contributed by atoms with Gasteiger partial charge in [0.1, 0.15) is 11.9 Å². The van der Waals surface area contributed by atoms with Gasteiger partial charge in [0.05, 0.1) is 49.2 Å². The summed E-state index contributed by atoms with van der Waals surface area (Å²) in [7, 11) is 0. The van der Waals surface area contributed by atoms with Crippen molar-refractivity contribution in [3.63, 3.8) is 0 Å². The summed E-state index contributed by atoms with van der Waals surface area (Å²) in [6, 6.07) is 1.47. The summed E-state index contributed by atoms with van der Waals surface area (Å²) in [5.41, 5.74) is 0.552. The van der Waals surface area contributed by atoms with E-state index in [1.807, 2.05) is 6.92 Å². The molecule has 3 N–H and O–H groups in total. The van der Waals surface area contributed by atoms with Gasteiger partial charge in [-0.1, -0.05) is 12.1 Å². The zero-order chi connectivity index (χ0) is 21.3. The van der Waals surface area contributed by atoms with Crippen LogP contribution in [0, 0.1) is 18.8 Å². The topological polar surface area (TPSA) is 143 Å². The number of carbonyl (C=O) groups is 2. The maximum absolute atomic E-state index is 12.2. The van der Waals surface area contributed by atoms with Crippen molar-refractivity contribution in [2.24, 2.45) is 11.8 Å². The molecule has 162 valence electrons. The zero-order valence-electron chi connectivity index (χ0n) is 16.9. The van der Waals surface area contributed by atoms with Crippen molar-refractivity contribution in [3.05, 3.63) is 17.5 Å². The number of rotatable bonds is 9. The van der Waals surface area contributed by atoms with E-state index in [2.05, 4.69) is 5.16 Å². The lowest BCUT2D eigenvalue weighted by Crippen LogP contribution is -2.51. The quantitative estimate of drug-likeness (QED) is 0.299. The molecule has 1 aromatic heterocycles. The van der Waals surface area contributed by atoms with Crippen molar-refractivity contribution >= 4 is 11.6 Å². The minimum absolute atomic E-state index is 0.0262. The second kappa shape index (κ2) is 9.01. The number of aliphatic hydroxyl groups is 3. The maximum Gasteiger partial charge on any atom is 0.208 e. The standard InChI is InChI=1S/C20H29NO8/c1-9-4-15(29-21-9)14(24)6-13(23)5-12-8-27-16(19(26)18(12)25)7-17-20(28-17)10(2)11(3)22/h4,10-12,16-20,22,25-26H,5-8H2,1-3H3/t10-,11-,12-,16-,17-,18+,19-,20-/m0/s1. The zero-order valence-corrected chi connectivity index (χ0v) is 16.9. The summed E-state index contributed by atoms with van der Waals surface area (Å²) < 4.78 is 16.1. The Morgan fingerprint density at radius 3 is 2.59 bits per heavy atom. The molecule has 0 spiro atoms. The number of aromatic nitrogens is 1. The molecule has 3 rings (SSSR count). The number of aliphatic hydroxyl groups excluding tert-OH is 3. The predicted octanol–water partition coefficient (Wildman–Crippen LogP) is 0.426. The summed E-state index contributed by atoms with van der Waals surface area (Å²) in [4.78, 5) is 24.3. The van der Waals surface area contributed by atoms with Crippen LogP contribution in [0.25, 0.3) is 0 Å². The highest BCUT2D eigenvalue weighted by molar-refractivity contribution is 6.06. The SMILES string of the molecule is Cc1cc(C(=O)CC(=O)C[C@H]2CO[C@@H](C[C@@H]3O[C@H]3[C@@H](C)[C@H](C)O)[C@H](O)[C@@H]2O)on1. The van der Waals surface area contributed by atoms with E-state index >= 15 is 0 Å². The minimum Gasteiger partial charge on any atom is -0.393 e. The smallest absolute Gasteiger partial charge is 0.208 e. The Labute approximate surface area is 169 Å². The molecule has 2 saturated heterocycles. The van der Waals surface area contributed by atoms with Gasteiger partial charge in [0.15, 0.2) is 0 Å². The Bertz CT molecular complexity index is 732. The fraction of sp³-hybridized carbons (Fsp3) is 0.750. The number of Topliss-reactive ketones (excluding diaryl/α,β-unsaturated/α-hetero) is 2. The Morgan fingerprint density at radius 2 is 1.97 bits per heavy atom. The molecule has 0 unspecified atom stereocenters. The second-order valence-corrected chi connectivity index (χ2v) is 8.26. The van der Waals surface area contributed by atoms with E-state index in [-0.39, 0.29) is 49.1 Å². The van der Waals surface area contributed by atoms with E-state index in [0.717, 1.165) is 0 Å². The third-order valence-corrected chi connectivity index (χ3v) is 5.85. The highest BCUT2D eigenvalue weighted by atomic mass is 16.6. The van der Waals surface area contributed by atoms with E-state index in [1.54, 1.807) is 13.8 Å². The van der Waals surface area contributed by atoms with Gasteiger partial charge >= 0.3 is 0 Å². The summed E-state index contributed by atoms with van der Waals surface area (Å²) >= 11 is 0. The van der Waals surface area contributed by atoms with Gasteiger partial charge in [0.25, 0.3) is 0 Å². The minimum atomic E-state index is -1.15. The van der Waals surface area contributed by atoms with Gasteiger partial charge in [-0.15, -0.1) is 0 Å². The molecule has 29 heavy (non-hydrogen) atoms. The number of ether oxygens (including phenoxy) is 2. The van der Waals surface area contributed by atoms with Crippen LogP contribution in [-0.4, -0.2) is 75.3 Å². The lowest BCUT2D eigenvalue weighted by molar-refractivity contribution is -0.170. The highest BCUT2D eigenvalue weighted by Crippen LogP contribution is 2.37. The van der Waals surface area contributed by atoms with E-state index < -0.39 is 36.1 Å². The molecule has 0 aliphatic carbocycles. The molecule has 1 aromatic rings. The van der Waals surface area contributed by atoms with Crippen molar-refractivity contribution in [3.8, 4) is 0 Å². The number of nitrogens with zero attached hydrogens (tertiary/aromatic N) is 1. The van der Waals surface area contributed by atoms with Crippen molar-refractivity contribution < 1.29 is 38.9 Å². The first kappa shape index (κ1) is 22.0. The van der Waals surface area contributed by atoms with Crippen molar-refractivity contribution in [1.29, 1.82) is 0 Å². The molecule has 0 saturated carbocycles. The van der Waals surface area contributed by atoms with Gasteiger partial charge in [0, 0.05) is 30.7 Å². The van der Waals surface area contributed by atoms with Gasteiger partial charge in [-0.2, -0.15) is 0 Å². The van der Waals surface area contributed by atoms with Crippen LogP contribution in [0.4, 0.5) is 0 Å². The van der Waals surface area contributed by atoms with Crippen molar-refractivity contribution in [2.75, 3.05) is 6.61 Å². The highest BCUT2D eigenvalue weighted by Gasteiger charge is 2.48. The van der Waals surface area contributed by atoms with Crippen LogP contribution in [0.3, 0.4) is 0 Å². The van der Waals surface area contributed by atoms with Crippen molar-refractivity contribution in [1.82, 2.24) is 5.16 Å². The third-order valence-electron chi connectivity index (χ3n) is 5.85. The maximum atomic E-state index is 12.2. The second-order valence-electron chi connectivity index (χ2n) is 8.26. The van der Waals surface area contributed by atoms with Gasteiger partial charge in [-0.05, 0) is 13.8 Å². The van der Waals surface area contributed by atoms with E-state index in [0.29, 0.717) is 12.1 Å². The van der Waals surface area contributed by atoms with E-state index in [9.17, 15) is 24.9 Å². The molecule has 2 fully saturated rings. The molecule has 3 heterocycles. The Morgan fingerprint density at radius 1 is 1.24 bits per heavy atom. The summed E-state index contributed by atoms with van der Waals surface area (Å²) in [6.45, 7) is 5.38. The number of hydrogen-bond donors (Lipinski definition) is 3. The average molecular weight is 411 g/mol. The lowest BCUT2D eigenvalue weighted by atomic mass is 9.86. The van der Waals surface area contributed by atoms with E-state index in [1.165, 1.54) is 6.07 Å². The first-order chi connectivity index (χ1) is 13.7. The van der Waals surface area contributed by atoms with Crippen LogP contribution in [0.2, 0.25) is 0 Å². The molecular formula is C20H29NO8. The summed E-state index contributed by atoms with van der Waals surface area (Å²) in [5, 5.41) is 34.1. The molecule has 2 aliphatic heterocycles. The van der Waals surface area contributed by atoms with Crippen LogP contribution in [0.5, 0.6) is 0 Å². The Hall–Kier alpha value is -1.65. The van der Waals surface area contributed by atoms with Crippen LogP contribution in [0.15, 0.2) is 10.6 Å². The molecule has 9 heteroatoms.